The molecule has 7 nitrogen and oxygen atoms in total. The van der Waals surface area contributed by atoms with E-state index >= 15 is 0 Å². The number of aryl methyl sites for hydroxylation is 2. The van der Waals surface area contributed by atoms with Crippen LogP contribution >= 0.6 is 0 Å². The summed E-state index contributed by atoms with van der Waals surface area (Å²) in [6.07, 6.45) is 2.26. The van der Waals surface area contributed by atoms with Crippen LogP contribution in [-0.2, 0) is 16.0 Å². The Labute approximate surface area is 174 Å². The van der Waals surface area contributed by atoms with Gasteiger partial charge in [0.25, 0.3) is 0 Å². The molecule has 0 fully saturated rings. The lowest BCUT2D eigenvalue weighted by Gasteiger charge is -2.15. The molecule has 7 heteroatoms. The summed E-state index contributed by atoms with van der Waals surface area (Å²) in [7, 11) is 1.77. The summed E-state index contributed by atoms with van der Waals surface area (Å²) in [6.45, 7) is 10.3. The zero-order valence-corrected chi connectivity index (χ0v) is 18.2. The van der Waals surface area contributed by atoms with E-state index in [1.165, 1.54) is 0 Å². The van der Waals surface area contributed by atoms with Gasteiger partial charge in [-0.25, -0.2) is 4.68 Å². The van der Waals surface area contributed by atoms with Crippen LogP contribution in [0.25, 0.3) is 5.69 Å². The number of hydrogen-bond acceptors (Lipinski definition) is 4. The van der Waals surface area contributed by atoms with Crippen molar-refractivity contribution in [3.8, 4) is 5.69 Å². The Kier molecular flexibility index (Phi) is 10.2. The lowest BCUT2D eigenvalue weighted by Crippen LogP contribution is -2.38. The third kappa shape index (κ3) is 7.87. The second kappa shape index (κ2) is 13.0. The maximum atomic E-state index is 5.58. The van der Waals surface area contributed by atoms with Crippen LogP contribution in [0.1, 0.15) is 36.7 Å². The van der Waals surface area contributed by atoms with Gasteiger partial charge in [-0.05, 0) is 38.0 Å². The fourth-order valence-electron chi connectivity index (χ4n) is 2.95. The normalized spacial score (nSPS) is 11.7. The van der Waals surface area contributed by atoms with Crippen molar-refractivity contribution in [2.75, 3.05) is 40.0 Å². The Bertz CT molecular complexity index is 757. The van der Waals surface area contributed by atoms with Crippen LogP contribution in [-0.4, -0.2) is 55.8 Å². The molecular weight excluding hydrogens is 366 g/mol. The van der Waals surface area contributed by atoms with Crippen molar-refractivity contribution >= 4 is 5.96 Å². The van der Waals surface area contributed by atoms with Gasteiger partial charge in [0.1, 0.15) is 0 Å². The number of aliphatic imine (C=N–C) groups is 1. The molecule has 0 aliphatic rings. The van der Waals surface area contributed by atoms with E-state index in [9.17, 15) is 0 Å². The quantitative estimate of drug-likeness (QED) is 0.325. The topological polar surface area (TPSA) is 72.7 Å². The monoisotopic (exact) mass is 401 g/mol. The van der Waals surface area contributed by atoms with Gasteiger partial charge in [0.2, 0.25) is 0 Å². The number of rotatable bonds is 12. The first-order valence-corrected chi connectivity index (χ1v) is 10.4. The van der Waals surface area contributed by atoms with E-state index in [-0.39, 0.29) is 0 Å². The number of nitrogens with zero attached hydrogens (tertiary/aromatic N) is 3. The van der Waals surface area contributed by atoms with Crippen LogP contribution in [0.2, 0.25) is 0 Å². The van der Waals surface area contributed by atoms with Gasteiger partial charge in [0.05, 0.1) is 31.2 Å². The minimum absolute atomic E-state index is 0.611. The van der Waals surface area contributed by atoms with Crippen molar-refractivity contribution < 1.29 is 9.47 Å². The molecule has 0 aliphatic carbocycles. The summed E-state index contributed by atoms with van der Waals surface area (Å²) in [5, 5.41) is 11.2. The summed E-state index contributed by atoms with van der Waals surface area (Å²) >= 11 is 0. The highest BCUT2D eigenvalue weighted by Crippen LogP contribution is 2.16. The maximum Gasteiger partial charge on any atom is 0.191 e. The predicted molar refractivity (Wildman–Crippen MR) is 118 cm³/mol. The van der Waals surface area contributed by atoms with Crippen molar-refractivity contribution in [3.05, 3.63) is 47.3 Å². The highest BCUT2D eigenvalue weighted by atomic mass is 16.5. The van der Waals surface area contributed by atoms with Gasteiger partial charge in [-0.15, -0.1) is 0 Å². The molecule has 1 aromatic heterocycles. The molecule has 29 heavy (non-hydrogen) atoms. The largest absolute Gasteiger partial charge is 0.379 e. The van der Waals surface area contributed by atoms with E-state index in [0.29, 0.717) is 32.9 Å². The van der Waals surface area contributed by atoms with E-state index < -0.39 is 0 Å². The van der Waals surface area contributed by atoms with Crippen LogP contribution in [0.15, 0.2) is 35.3 Å². The number of para-hydroxylation sites is 1. The molecule has 0 spiro atoms. The van der Waals surface area contributed by atoms with Crippen LogP contribution < -0.4 is 10.6 Å². The molecule has 2 aromatic rings. The van der Waals surface area contributed by atoms with Crippen molar-refractivity contribution in [3.63, 3.8) is 0 Å². The van der Waals surface area contributed by atoms with Gasteiger partial charge in [-0.1, -0.05) is 31.5 Å². The molecule has 0 unspecified atom stereocenters. The first-order valence-electron chi connectivity index (χ1n) is 10.4. The van der Waals surface area contributed by atoms with E-state index in [1.807, 2.05) is 23.7 Å². The van der Waals surface area contributed by atoms with Gasteiger partial charge in [-0.3, -0.25) is 4.99 Å². The molecule has 0 atom stereocenters. The average Bonchev–Trinajstić information content (AvgIpc) is 3.07. The van der Waals surface area contributed by atoms with Crippen molar-refractivity contribution in [1.29, 1.82) is 0 Å². The highest BCUT2D eigenvalue weighted by Gasteiger charge is 2.09. The second-order valence-corrected chi connectivity index (χ2v) is 6.90. The van der Waals surface area contributed by atoms with Crippen molar-refractivity contribution in [1.82, 2.24) is 20.4 Å². The molecule has 1 heterocycles. The Hall–Kier alpha value is -2.38. The second-order valence-electron chi connectivity index (χ2n) is 6.90. The Balaban J connectivity index is 1.75. The summed E-state index contributed by atoms with van der Waals surface area (Å²) in [5.74, 6) is 0.746. The van der Waals surface area contributed by atoms with Gasteiger partial charge in [0, 0.05) is 32.4 Å². The fraction of sp³-hybridized carbons (Fsp3) is 0.545. The standard InChI is InChI=1S/C22H35N5O2/c1-5-6-12-28-14-15-29-13-11-24-22(23-4)25-17-20-9-7-8-10-21(20)27-19(3)16-18(2)26-27/h7-10,16H,5-6,11-15,17H2,1-4H3,(H2,23,24,25). The molecule has 2 rings (SSSR count). The van der Waals surface area contributed by atoms with Crippen LogP contribution in [0.5, 0.6) is 0 Å². The lowest BCUT2D eigenvalue weighted by molar-refractivity contribution is 0.0487. The van der Waals surface area contributed by atoms with Gasteiger partial charge in [0.15, 0.2) is 5.96 Å². The minimum atomic E-state index is 0.611. The number of guanidine groups is 1. The van der Waals surface area contributed by atoms with E-state index in [0.717, 1.165) is 48.0 Å². The Morgan fingerprint density at radius 1 is 1.07 bits per heavy atom. The first kappa shape index (κ1) is 22.9. The molecule has 0 radical (unpaired) electrons. The smallest absolute Gasteiger partial charge is 0.191 e. The van der Waals surface area contributed by atoms with Gasteiger partial charge >= 0.3 is 0 Å². The number of hydrogen-bond donors (Lipinski definition) is 2. The van der Waals surface area contributed by atoms with Crippen LogP contribution in [0, 0.1) is 13.8 Å². The highest BCUT2D eigenvalue weighted by molar-refractivity contribution is 5.79. The number of ether oxygens (including phenoxy) is 2. The molecular formula is C22H35N5O2. The molecule has 0 saturated heterocycles. The van der Waals surface area contributed by atoms with E-state index in [2.05, 4.69) is 52.8 Å². The summed E-state index contributed by atoms with van der Waals surface area (Å²) < 4.78 is 13.0. The van der Waals surface area contributed by atoms with Crippen molar-refractivity contribution in [2.45, 2.75) is 40.2 Å². The first-order chi connectivity index (χ1) is 14.2. The number of benzene rings is 1. The molecule has 0 aliphatic heterocycles. The molecule has 1 aromatic carbocycles. The molecule has 2 N–H and O–H groups in total. The average molecular weight is 402 g/mol. The summed E-state index contributed by atoms with van der Waals surface area (Å²) in [5.41, 5.74) is 4.36. The number of nitrogens with one attached hydrogen (secondary N) is 2. The van der Waals surface area contributed by atoms with Crippen LogP contribution in [0.3, 0.4) is 0 Å². The van der Waals surface area contributed by atoms with Gasteiger partial charge in [-0.2, -0.15) is 5.10 Å². The SMILES string of the molecule is CCCCOCCOCCNC(=NC)NCc1ccccc1-n1nc(C)cc1C. The fourth-order valence-corrected chi connectivity index (χ4v) is 2.95. The third-order valence-electron chi connectivity index (χ3n) is 4.45. The summed E-state index contributed by atoms with van der Waals surface area (Å²) in [4.78, 5) is 4.29. The van der Waals surface area contributed by atoms with Crippen molar-refractivity contribution in [2.24, 2.45) is 4.99 Å². The van der Waals surface area contributed by atoms with Crippen LogP contribution in [0.4, 0.5) is 0 Å². The molecule has 0 bridgehead atoms. The minimum Gasteiger partial charge on any atom is -0.379 e. The Morgan fingerprint density at radius 3 is 2.52 bits per heavy atom. The van der Waals surface area contributed by atoms with E-state index in [4.69, 9.17) is 9.47 Å². The van der Waals surface area contributed by atoms with E-state index in [1.54, 1.807) is 7.05 Å². The predicted octanol–water partition coefficient (Wildman–Crippen LogP) is 2.99. The zero-order valence-electron chi connectivity index (χ0n) is 18.2. The number of unbranched alkanes of at least 4 members (excludes halogenated alkanes) is 1. The number of aromatic nitrogens is 2. The maximum absolute atomic E-state index is 5.58. The molecule has 0 saturated carbocycles. The molecule has 0 amide bonds. The lowest BCUT2D eigenvalue weighted by atomic mass is 10.1. The Morgan fingerprint density at radius 2 is 1.83 bits per heavy atom. The molecule has 160 valence electrons. The van der Waals surface area contributed by atoms with Gasteiger partial charge < -0.3 is 20.1 Å². The third-order valence-corrected chi connectivity index (χ3v) is 4.45. The summed E-state index contributed by atoms with van der Waals surface area (Å²) in [6, 6.07) is 10.3. The zero-order chi connectivity index (χ0) is 20.9.